The monoisotopic (exact) mass is 498 g/mol. The second kappa shape index (κ2) is 9.23. The van der Waals surface area contributed by atoms with Crippen LogP contribution in [0.1, 0.15) is 35.4 Å². The lowest BCUT2D eigenvalue weighted by atomic mass is 9.78. The Hall–Kier alpha value is -4.41. The number of piperidine rings is 1. The van der Waals surface area contributed by atoms with Gasteiger partial charge in [-0.15, -0.1) is 0 Å². The molecule has 11 heteroatoms. The molecular formula is C26H26N8O3. The first-order valence-electron chi connectivity index (χ1n) is 12.3. The molecule has 1 amide bonds. The molecule has 37 heavy (non-hydrogen) atoms. The summed E-state index contributed by atoms with van der Waals surface area (Å²) >= 11 is 0. The van der Waals surface area contributed by atoms with Crippen molar-refractivity contribution in [3.05, 3.63) is 54.7 Å². The van der Waals surface area contributed by atoms with Crippen LogP contribution < -0.4 is 4.74 Å². The van der Waals surface area contributed by atoms with Crippen LogP contribution in [0.15, 0.2) is 53.3 Å². The van der Waals surface area contributed by atoms with E-state index in [9.17, 15) is 9.59 Å². The molecule has 188 valence electrons. The van der Waals surface area contributed by atoms with Gasteiger partial charge in [-0.2, -0.15) is 5.10 Å². The average Bonchev–Trinajstić information content (AvgIpc) is 3.58. The number of ether oxygens (including phenoxy) is 1. The van der Waals surface area contributed by atoms with Crippen LogP contribution in [0.25, 0.3) is 16.7 Å². The Kier molecular flexibility index (Phi) is 5.74. The molecule has 0 aromatic carbocycles. The van der Waals surface area contributed by atoms with E-state index in [0.29, 0.717) is 41.4 Å². The Bertz CT molecular complexity index is 1530. The molecular weight excluding hydrogens is 472 g/mol. The van der Waals surface area contributed by atoms with Gasteiger partial charge in [-0.05, 0) is 26.2 Å². The Morgan fingerprint density at radius 2 is 2.08 bits per heavy atom. The molecule has 3 aromatic heterocycles. The number of aromatic amines is 1. The van der Waals surface area contributed by atoms with Crippen LogP contribution in [-0.4, -0.2) is 72.9 Å². The summed E-state index contributed by atoms with van der Waals surface area (Å²) in [6, 6.07) is 0. The Labute approximate surface area is 212 Å². The molecule has 0 radical (unpaired) electrons. The van der Waals surface area contributed by atoms with E-state index >= 15 is 0 Å². The number of aryl methyl sites for hydroxylation is 1. The summed E-state index contributed by atoms with van der Waals surface area (Å²) in [5, 5.41) is 4.81. The van der Waals surface area contributed by atoms with Crippen LogP contribution in [-0.2, 0) is 4.79 Å². The largest absolute Gasteiger partial charge is 0.494 e. The molecule has 3 aliphatic heterocycles. The lowest BCUT2D eigenvalue weighted by Gasteiger charge is -2.39. The number of methoxy groups -OCH3 is 1. The van der Waals surface area contributed by atoms with Crippen molar-refractivity contribution < 1.29 is 14.3 Å². The maximum Gasteiger partial charge on any atom is 0.295 e. The van der Waals surface area contributed by atoms with Crippen molar-refractivity contribution in [2.75, 3.05) is 20.2 Å². The molecule has 3 aromatic rings. The highest BCUT2D eigenvalue weighted by Gasteiger charge is 2.38. The molecule has 0 bridgehead atoms. The van der Waals surface area contributed by atoms with E-state index in [-0.39, 0.29) is 17.4 Å². The van der Waals surface area contributed by atoms with Crippen molar-refractivity contribution >= 4 is 34.0 Å². The zero-order valence-corrected chi connectivity index (χ0v) is 20.6. The molecule has 3 aliphatic rings. The number of H-pyrrole nitrogens is 1. The number of nitrogens with one attached hydrogen (secondary N) is 1. The van der Waals surface area contributed by atoms with E-state index in [1.54, 1.807) is 24.4 Å². The minimum Gasteiger partial charge on any atom is -0.494 e. The number of pyridine rings is 1. The number of aliphatic imine (C=N–C) groups is 2. The maximum atomic E-state index is 13.5. The van der Waals surface area contributed by atoms with Gasteiger partial charge < -0.3 is 14.6 Å². The highest BCUT2D eigenvalue weighted by molar-refractivity contribution is 6.45. The number of carbonyl (C=O) groups excluding carboxylic acids is 2. The van der Waals surface area contributed by atoms with E-state index in [4.69, 9.17) is 4.74 Å². The number of hydrogen-bond acceptors (Lipinski definition) is 8. The van der Waals surface area contributed by atoms with Crippen LogP contribution in [0.2, 0.25) is 0 Å². The second-order valence-corrected chi connectivity index (χ2v) is 9.33. The molecule has 1 N–H and O–H groups in total. The second-order valence-electron chi connectivity index (χ2n) is 9.33. The van der Waals surface area contributed by atoms with E-state index in [2.05, 4.69) is 36.1 Å². The number of likely N-dealkylation sites (tertiary alicyclic amines) is 1. The summed E-state index contributed by atoms with van der Waals surface area (Å²) in [6.45, 7) is 2.71. The fourth-order valence-electron chi connectivity index (χ4n) is 5.33. The third-order valence-corrected chi connectivity index (χ3v) is 7.16. The number of aromatic nitrogens is 5. The predicted molar refractivity (Wildman–Crippen MR) is 137 cm³/mol. The molecule has 11 nitrogen and oxygen atoms in total. The number of Topliss-reactive ketones (excluding diaryl/α,β-unsaturated/α-hetero) is 1. The number of ketones is 1. The molecule has 6 heterocycles. The lowest BCUT2D eigenvalue weighted by molar-refractivity contribution is -0.128. The fourth-order valence-corrected chi connectivity index (χ4v) is 5.33. The average molecular weight is 499 g/mol. The van der Waals surface area contributed by atoms with E-state index in [1.165, 1.54) is 24.2 Å². The van der Waals surface area contributed by atoms with Crippen LogP contribution >= 0.6 is 0 Å². The van der Waals surface area contributed by atoms with E-state index in [0.717, 1.165) is 30.7 Å². The maximum absolute atomic E-state index is 13.5. The first-order chi connectivity index (χ1) is 18.0. The van der Waals surface area contributed by atoms with Gasteiger partial charge in [-0.25, -0.2) is 14.6 Å². The SMILES string of the molecule is COc1cnc(-n2cnc(C)n2)c2[nH]cc(C(=O)C(=O)N3CCC4C(C5=NC=CCC5)=NC=CC4C3)c12. The zero-order valence-electron chi connectivity index (χ0n) is 20.6. The number of amides is 1. The van der Waals surface area contributed by atoms with Gasteiger partial charge in [0, 0.05) is 43.5 Å². The molecule has 0 aliphatic carbocycles. The van der Waals surface area contributed by atoms with Gasteiger partial charge in [-0.3, -0.25) is 19.6 Å². The number of carbonyl (C=O) groups is 2. The van der Waals surface area contributed by atoms with Crippen LogP contribution in [0, 0.1) is 18.8 Å². The quantitative estimate of drug-likeness (QED) is 0.425. The molecule has 6 rings (SSSR count). The standard InChI is InChI=1S/C26H26N8O3/c1-15-31-14-34(32-15)25-23-21(20(37-2)12-30-25)18(11-29-23)24(35)26(36)33-10-7-17-16(13-33)6-9-28-22(17)19-5-3-4-8-27-19/h4,6,8-9,11-12,14,16-17,29H,3,5,7,10,13H2,1-2H3. The molecule has 2 unspecified atom stereocenters. The molecule has 0 spiro atoms. The third-order valence-electron chi connectivity index (χ3n) is 7.16. The van der Waals surface area contributed by atoms with Gasteiger partial charge >= 0.3 is 0 Å². The summed E-state index contributed by atoms with van der Waals surface area (Å²) in [6.07, 6.45) is 14.9. The van der Waals surface area contributed by atoms with Crippen LogP contribution in [0.4, 0.5) is 0 Å². The van der Waals surface area contributed by atoms with Crippen molar-refractivity contribution in [3.63, 3.8) is 0 Å². The van der Waals surface area contributed by atoms with Crippen molar-refractivity contribution in [2.45, 2.75) is 26.2 Å². The number of nitrogens with zero attached hydrogens (tertiary/aromatic N) is 7. The van der Waals surface area contributed by atoms with Gasteiger partial charge in [0.2, 0.25) is 0 Å². The minimum absolute atomic E-state index is 0.0930. The normalized spacial score (nSPS) is 21.0. The number of rotatable bonds is 5. The predicted octanol–water partition coefficient (Wildman–Crippen LogP) is 2.82. The lowest BCUT2D eigenvalue weighted by Crippen LogP contribution is -2.49. The van der Waals surface area contributed by atoms with Gasteiger partial charge in [0.1, 0.15) is 17.9 Å². The zero-order chi connectivity index (χ0) is 25.5. The smallest absolute Gasteiger partial charge is 0.295 e. The summed E-state index contributed by atoms with van der Waals surface area (Å²) < 4.78 is 7.02. The highest BCUT2D eigenvalue weighted by atomic mass is 16.5. The first-order valence-corrected chi connectivity index (χ1v) is 12.3. The molecule has 1 saturated heterocycles. The van der Waals surface area contributed by atoms with Crippen LogP contribution in [0.3, 0.4) is 0 Å². The number of allylic oxidation sites excluding steroid dienone is 1. The summed E-state index contributed by atoms with van der Waals surface area (Å²) in [7, 11) is 1.50. The Balaban J connectivity index is 1.26. The van der Waals surface area contributed by atoms with E-state index < -0.39 is 11.7 Å². The molecule has 1 fully saturated rings. The van der Waals surface area contributed by atoms with Crippen molar-refractivity contribution in [2.24, 2.45) is 21.8 Å². The highest BCUT2D eigenvalue weighted by Crippen LogP contribution is 2.34. The number of fused-ring (bicyclic) bond motifs is 2. The Morgan fingerprint density at radius 3 is 2.84 bits per heavy atom. The van der Waals surface area contributed by atoms with Gasteiger partial charge in [0.05, 0.1) is 41.2 Å². The van der Waals surface area contributed by atoms with Crippen molar-refractivity contribution in [3.8, 4) is 11.6 Å². The number of hydrogen-bond donors (Lipinski definition) is 1. The molecule has 2 atom stereocenters. The van der Waals surface area contributed by atoms with Crippen molar-refractivity contribution in [1.29, 1.82) is 0 Å². The first kappa shape index (κ1) is 23.0. The third kappa shape index (κ3) is 3.96. The van der Waals surface area contributed by atoms with Crippen molar-refractivity contribution in [1.82, 2.24) is 29.6 Å². The van der Waals surface area contributed by atoms with E-state index in [1.807, 2.05) is 12.3 Å². The van der Waals surface area contributed by atoms with Gasteiger partial charge in [0.15, 0.2) is 5.82 Å². The summed E-state index contributed by atoms with van der Waals surface area (Å²) in [4.78, 5) is 49.5. The summed E-state index contributed by atoms with van der Waals surface area (Å²) in [5.41, 5.74) is 2.82. The van der Waals surface area contributed by atoms with Gasteiger partial charge in [-0.1, -0.05) is 12.2 Å². The molecule has 0 saturated carbocycles. The summed E-state index contributed by atoms with van der Waals surface area (Å²) in [5.74, 6) is 0.604. The van der Waals surface area contributed by atoms with Gasteiger partial charge in [0.25, 0.3) is 11.7 Å². The van der Waals surface area contributed by atoms with Crippen LogP contribution in [0.5, 0.6) is 5.75 Å². The minimum atomic E-state index is -0.592. The fraction of sp³-hybridized carbons (Fsp3) is 0.346. The Morgan fingerprint density at radius 1 is 1.19 bits per heavy atom. The topological polar surface area (TPSA) is 131 Å².